The number of aliphatic hydroxyl groups excluding tert-OH is 1. The molecule has 0 aliphatic carbocycles. The molecule has 18 heavy (non-hydrogen) atoms. The van der Waals surface area contributed by atoms with E-state index in [1.807, 2.05) is 18.2 Å². The van der Waals surface area contributed by atoms with Gasteiger partial charge in [0.25, 0.3) is 0 Å². The first kappa shape index (κ1) is 13.5. The van der Waals surface area contributed by atoms with Gasteiger partial charge in [-0.1, -0.05) is 28.9 Å². The number of β-amino-alcohol motifs (C(OH)–C–C–N with tert-alkyl or cyclic N) is 1. The minimum Gasteiger partial charge on any atom is -0.392 e. The molecule has 4 heteroatoms. The van der Waals surface area contributed by atoms with Crippen molar-refractivity contribution in [2.45, 2.75) is 26.0 Å². The van der Waals surface area contributed by atoms with Gasteiger partial charge < -0.3 is 5.11 Å². The molecule has 0 bridgehead atoms. The number of piperidine rings is 1. The highest BCUT2D eigenvalue weighted by molar-refractivity contribution is 9.10. The Morgan fingerprint density at radius 2 is 2.33 bits per heavy atom. The van der Waals surface area contributed by atoms with Crippen LogP contribution in [-0.4, -0.2) is 29.2 Å². The van der Waals surface area contributed by atoms with Crippen molar-refractivity contribution in [1.29, 1.82) is 5.26 Å². The Hall–Kier alpha value is -0.890. The van der Waals surface area contributed by atoms with Gasteiger partial charge in [-0.2, -0.15) is 5.26 Å². The molecule has 2 atom stereocenters. The second-order valence-electron chi connectivity index (χ2n) is 4.99. The average molecular weight is 309 g/mol. The molecule has 1 aromatic carbocycles. The summed E-state index contributed by atoms with van der Waals surface area (Å²) in [6.07, 6.45) is 0.811. The summed E-state index contributed by atoms with van der Waals surface area (Å²) in [5.74, 6) is 0.394. The molecule has 1 aliphatic heterocycles. The Morgan fingerprint density at radius 1 is 1.56 bits per heavy atom. The monoisotopic (exact) mass is 308 g/mol. The van der Waals surface area contributed by atoms with E-state index >= 15 is 0 Å². The van der Waals surface area contributed by atoms with Crippen molar-refractivity contribution in [3.8, 4) is 6.07 Å². The fraction of sp³-hybridized carbons (Fsp3) is 0.500. The molecule has 1 saturated heterocycles. The Labute approximate surface area is 116 Å². The summed E-state index contributed by atoms with van der Waals surface area (Å²) in [4.78, 5) is 2.26. The van der Waals surface area contributed by atoms with Gasteiger partial charge in [-0.25, -0.2) is 0 Å². The van der Waals surface area contributed by atoms with E-state index in [0.717, 1.165) is 36.1 Å². The Morgan fingerprint density at radius 3 is 2.94 bits per heavy atom. The van der Waals surface area contributed by atoms with Crippen LogP contribution in [0.25, 0.3) is 0 Å². The molecule has 1 fully saturated rings. The van der Waals surface area contributed by atoms with Crippen molar-refractivity contribution in [2.24, 2.45) is 5.92 Å². The van der Waals surface area contributed by atoms with Crippen LogP contribution in [0, 0.1) is 17.2 Å². The van der Waals surface area contributed by atoms with E-state index in [4.69, 9.17) is 5.26 Å². The van der Waals surface area contributed by atoms with Gasteiger partial charge in [0.1, 0.15) is 0 Å². The van der Waals surface area contributed by atoms with Gasteiger partial charge in [0.05, 0.1) is 17.7 Å². The number of rotatable bonds is 2. The van der Waals surface area contributed by atoms with E-state index in [9.17, 15) is 5.11 Å². The summed E-state index contributed by atoms with van der Waals surface area (Å²) in [6, 6.07) is 7.79. The Bertz CT molecular complexity index is 469. The van der Waals surface area contributed by atoms with E-state index < -0.39 is 0 Å². The molecule has 1 aliphatic rings. The second kappa shape index (κ2) is 5.83. The zero-order valence-electron chi connectivity index (χ0n) is 10.4. The number of halogens is 1. The lowest BCUT2D eigenvalue weighted by Gasteiger charge is -2.34. The zero-order valence-corrected chi connectivity index (χ0v) is 12.0. The maximum absolute atomic E-state index is 9.88. The maximum atomic E-state index is 9.88. The minimum atomic E-state index is -0.226. The molecular formula is C14H17BrN2O. The molecule has 0 unspecified atom stereocenters. The van der Waals surface area contributed by atoms with Gasteiger partial charge in [-0.15, -0.1) is 0 Å². The van der Waals surface area contributed by atoms with Crippen molar-refractivity contribution < 1.29 is 5.11 Å². The first-order valence-electron chi connectivity index (χ1n) is 6.19. The number of aliphatic hydroxyl groups is 1. The van der Waals surface area contributed by atoms with Crippen LogP contribution in [-0.2, 0) is 6.54 Å². The third kappa shape index (κ3) is 3.11. The highest BCUT2D eigenvalue weighted by Gasteiger charge is 2.24. The Kier molecular flexibility index (Phi) is 4.39. The van der Waals surface area contributed by atoms with Gasteiger partial charge in [-0.3, -0.25) is 4.90 Å². The normalized spacial score (nSPS) is 24.8. The SMILES string of the molecule is C[C@H]1CCN(Cc2ccc(C#N)cc2Br)C[C@@H]1O. The summed E-state index contributed by atoms with van der Waals surface area (Å²) < 4.78 is 0.967. The number of hydrogen-bond acceptors (Lipinski definition) is 3. The molecule has 1 N–H and O–H groups in total. The smallest absolute Gasteiger partial charge is 0.0992 e. The molecule has 0 amide bonds. The number of likely N-dealkylation sites (tertiary alicyclic amines) is 1. The largest absolute Gasteiger partial charge is 0.392 e. The lowest BCUT2D eigenvalue weighted by atomic mass is 9.96. The van der Waals surface area contributed by atoms with Gasteiger partial charge in [0, 0.05) is 17.6 Å². The van der Waals surface area contributed by atoms with Crippen LogP contribution in [0.2, 0.25) is 0 Å². The summed E-state index contributed by atoms with van der Waals surface area (Å²) in [7, 11) is 0. The fourth-order valence-corrected chi connectivity index (χ4v) is 2.75. The number of benzene rings is 1. The zero-order chi connectivity index (χ0) is 13.1. The van der Waals surface area contributed by atoms with Crippen molar-refractivity contribution >= 4 is 15.9 Å². The molecule has 3 nitrogen and oxygen atoms in total. The highest BCUT2D eigenvalue weighted by Crippen LogP contribution is 2.23. The van der Waals surface area contributed by atoms with Gasteiger partial charge in [0.2, 0.25) is 0 Å². The van der Waals surface area contributed by atoms with Crippen molar-refractivity contribution in [1.82, 2.24) is 4.90 Å². The number of nitriles is 1. The van der Waals surface area contributed by atoms with Gasteiger partial charge in [-0.05, 0) is 36.6 Å². The van der Waals surface area contributed by atoms with Gasteiger partial charge in [0.15, 0.2) is 0 Å². The highest BCUT2D eigenvalue weighted by atomic mass is 79.9. The van der Waals surface area contributed by atoms with E-state index in [1.165, 1.54) is 0 Å². The van der Waals surface area contributed by atoms with E-state index in [2.05, 4.69) is 33.8 Å². The quantitative estimate of drug-likeness (QED) is 0.913. The molecule has 2 rings (SSSR count). The van der Waals surface area contributed by atoms with Gasteiger partial charge >= 0.3 is 0 Å². The molecule has 1 aromatic rings. The number of hydrogen-bond donors (Lipinski definition) is 1. The number of nitrogens with zero attached hydrogens (tertiary/aromatic N) is 2. The predicted molar refractivity (Wildman–Crippen MR) is 73.9 cm³/mol. The third-order valence-electron chi connectivity index (χ3n) is 3.58. The van der Waals surface area contributed by atoms with Crippen LogP contribution in [0.15, 0.2) is 22.7 Å². The van der Waals surface area contributed by atoms with Crippen molar-refractivity contribution in [3.63, 3.8) is 0 Å². The molecule has 0 spiro atoms. The predicted octanol–water partition coefficient (Wildman–Crippen LogP) is 2.52. The molecule has 0 radical (unpaired) electrons. The fourth-order valence-electron chi connectivity index (χ4n) is 2.24. The maximum Gasteiger partial charge on any atom is 0.0992 e. The molecule has 0 saturated carbocycles. The van der Waals surface area contributed by atoms with Crippen LogP contribution in [0.3, 0.4) is 0 Å². The summed E-state index contributed by atoms with van der Waals surface area (Å²) >= 11 is 3.50. The average Bonchev–Trinajstić information content (AvgIpc) is 2.36. The lowest BCUT2D eigenvalue weighted by Crippen LogP contribution is -2.42. The summed E-state index contributed by atoms with van der Waals surface area (Å²) in [5.41, 5.74) is 1.83. The minimum absolute atomic E-state index is 0.226. The lowest BCUT2D eigenvalue weighted by molar-refractivity contribution is 0.0258. The van der Waals surface area contributed by atoms with Crippen LogP contribution < -0.4 is 0 Å². The standard InChI is InChI=1S/C14H17BrN2O/c1-10-4-5-17(9-14(10)18)8-12-3-2-11(7-16)6-13(12)15/h2-3,6,10,14,18H,4-5,8-9H2,1H3/t10-,14-/m0/s1. The summed E-state index contributed by atoms with van der Waals surface area (Å²) in [6.45, 7) is 4.66. The van der Waals surface area contributed by atoms with E-state index in [1.54, 1.807) is 0 Å². The molecule has 0 aromatic heterocycles. The van der Waals surface area contributed by atoms with Crippen LogP contribution in [0.4, 0.5) is 0 Å². The third-order valence-corrected chi connectivity index (χ3v) is 4.32. The Balaban J connectivity index is 2.04. The van der Waals surface area contributed by atoms with Crippen LogP contribution in [0.1, 0.15) is 24.5 Å². The second-order valence-corrected chi connectivity index (χ2v) is 5.84. The molecule has 96 valence electrons. The van der Waals surface area contributed by atoms with Crippen molar-refractivity contribution in [3.05, 3.63) is 33.8 Å². The van der Waals surface area contributed by atoms with E-state index in [0.29, 0.717) is 11.5 Å². The van der Waals surface area contributed by atoms with E-state index in [-0.39, 0.29) is 6.10 Å². The molecule has 1 heterocycles. The molecular weight excluding hydrogens is 292 g/mol. The first-order chi connectivity index (χ1) is 8.60. The van der Waals surface area contributed by atoms with Crippen LogP contribution >= 0.6 is 15.9 Å². The van der Waals surface area contributed by atoms with Crippen LogP contribution in [0.5, 0.6) is 0 Å². The summed E-state index contributed by atoms with van der Waals surface area (Å²) in [5, 5.41) is 18.7. The first-order valence-corrected chi connectivity index (χ1v) is 6.98. The topological polar surface area (TPSA) is 47.3 Å². The van der Waals surface area contributed by atoms with Crippen molar-refractivity contribution in [2.75, 3.05) is 13.1 Å².